The largest absolute Gasteiger partial charge is 0.299 e. The van der Waals surface area contributed by atoms with Crippen LogP contribution in [0.5, 0.6) is 0 Å². The van der Waals surface area contributed by atoms with Gasteiger partial charge in [-0.05, 0) is 49.4 Å². The lowest BCUT2D eigenvalue weighted by atomic mass is 9.69. The molecule has 0 N–H and O–H groups in total. The molecule has 0 saturated heterocycles. The molecule has 3 saturated carbocycles. The lowest BCUT2D eigenvalue weighted by Crippen LogP contribution is -2.35. The molecule has 0 aliphatic heterocycles. The van der Waals surface area contributed by atoms with Crippen molar-refractivity contribution in [3.8, 4) is 0 Å². The lowest BCUT2D eigenvalue weighted by molar-refractivity contribution is -0.126. The van der Waals surface area contributed by atoms with Gasteiger partial charge in [0.2, 0.25) is 0 Å². The predicted molar refractivity (Wildman–Crippen MR) is 75.0 cm³/mol. The highest BCUT2D eigenvalue weighted by Crippen LogP contribution is 2.55. The standard InChI is InChI=1S/C15H22Cl2O/c1-7-3-11-9(5-13(7)16)10-6-14(17)8(2)4-12(10)15(11)18/h7-14H,3-6H2,1-2H3. The number of fused-ring (bicyclic) bond motifs is 3. The molecule has 0 aromatic rings. The summed E-state index contributed by atoms with van der Waals surface area (Å²) < 4.78 is 0. The number of carbonyl (C=O) groups excluding carboxylic acids is 1. The molecular formula is C15H22Cl2O. The molecule has 3 rings (SSSR count). The van der Waals surface area contributed by atoms with Gasteiger partial charge in [0.05, 0.1) is 0 Å². The van der Waals surface area contributed by atoms with Gasteiger partial charge >= 0.3 is 0 Å². The molecule has 3 fully saturated rings. The normalized spacial score (nSPS) is 56.1. The Morgan fingerprint density at radius 3 is 1.61 bits per heavy atom. The van der Waals surface area contributed by atoms with Crippen LogP contribution in [0.2, 0.25) is 0 Å². The number of halogens is 2. The Morgan fingerprint density at radius 1 is 0.833 bits per heavy atom. The van der Waals surface area contributed by atoms with Gasteiger partial charge in [0, 0.05) is 22.6 Å². The number of ketones is 1. The summed E-state index contributed by atoms with van der Waals surface area (Å²) in [6.45, 7) is 4.38. The molecule has 8 unspecified atom stereocenters. The first-order chi connectivity index (χ1) is 8.49. The molecule has 8 atom stereocenters. The first-order valence-corrected chi connectivity index (χ1v) is 8.18. The highest BCUT2D eigenvalue weighted by Gasteiger charge is 2.55. The third kappa shape index (κ3) is 1.93. The van der Waals surface area contributed by atoms with Gasteiger partial charge < -0.3 is 0 Å². The Kier molecular flexibility index (Phi) is 3.43. The molecule has 0 aromatic carbocycles. The number of alkyl halides is 2. The average Bonchev–Trinajstić information content (AvgIpc) is 2.56. The topological polar surface area (TPSA) is 17.1 Å². The monoisotopic (exact) mass is 288 g/mol. The Hall–Kier alpha value is 0.250. The maximum absolute atomic E-state index is 12.6. The van der Waals surface area contributed by atoms with Crippen molar-refractivity contribution in [1.82, 2.24) is 0 Å². The van der Waals surface area contributed by atoms with E-state index >= 15 is 0 Å². The summed E-state index contributed by atoms with van der Waals surface area (Å²) in [6, 6.07) is 0. The van der Waals surface area contributed by atoms with Crippen molar-refractivity contribution in [3.63, 3.8) is 0 Å². The SMILES string of the molecule is CC1CC2C(=O)C3CC(C)C(Cl)CC3C2CC1Cl. The molecular weight excluding hydrogens is 267 g/mol. The number of hydrogen-bond donors (Lipinski definition) is 0. The second kappa shape index (κ2) is 4.66. The molecule has 102 valence electrons. The molecule has 1 nitrogen and oxygen atoms in total. The summed E-state index contributed by atoms with van der Waals surface area (Å²) in [4.78, 5) is 12.6. The van der Waals surface area contributed by atoms with Crippen molar-refractivity contribution in [2.24, 2.45) is 35.5 Å². The van der Waals surface area contributed by atoms with Crippen LogP contribution in [0.15, 0.2) is 0 Å². The summed E-state index contributed by atoms with van der Waals surface area (Å²) in [5, 5.41) is 0.511. The van der Waals surface area contributed by atoms with E-state index in [0.29, 0.717) is 41.3 Å². The van der Waals surface area contributed by atoms with Crippen LogP contribution >= 0.6 is 23.2 Å². The van der Waals surface area contributed by atoms with Crippen molar-refractivity contribution < 1.29 is 4.79 Å². The van der Waals surface area contributed by atoms with Crippen molar-refractivity contribution in [2.45, 2.75) is 50.3 Å². The summed E-state index contributed by atoms with van der Waals surface area (Å²) in [7, 11) is 0. The van der Waals surface area contributed by atoms with Gasteiger partial charge in [-0.2, -0.15) is 0 Å². The van der Waals surface area contributed by atoms with Crippen molar-refractivity contribution in [2.75, 3.05) is 0 Å². The fraction of sp³-hybridized carbons (Fsp3) is 0.933. The highest BCUT2D eigenvalue weighted by molar-refractivity contribution is 6.21. The molecule has 3 heteroatoms. The summed E-state index contributed by atoms with van der Waals surface area (Å²) in [6.07, 6.45) is 4.06. The molecule has 0 amide bonds. The maximum atomic E-state index is 12.6. The zero-order valence-corrected chi connectivity index (χ0v) is 12.6. The molecule has 18 heavy (non-hydrogen) atoms. The van der Waals surface area contributed by atoms with Crippen LogP contribution in [0, 0.1) is 35.5 Å². The van der Waals surface area contributed by atoms with Gasteiger partial charge in [0.15, 0.2) is 0 Å². The van der Waals surface area contributed by atoms with E-state index in [1.54, 1.807) is 0 Å². The van der Waals surface area contributed by atoms with Gasteiger partial charge in [0.1, 0.15) is 5.78 Å². The number of Topliss-reactive ketones (excluding diaryl/α,β-unsaturated/α-hetero) is 1. The third-order valence-corrected chi connectivity index (χ3v) is 7.01. The van der Waals surface area contributed by atoms with Gasteiger partial charge in [-0.1, -0.05) is 13.8 Å². The van der Waals surface area contributed by atoms with Gasteiger partial charge in [-0.3, -0.25) is 4.79 Å². The summed E-state index contributed by atoms with van der Waals surface area (Å²) in [5.41, 5.74) is 0. The van der Waals surface area contributed by atoms with Crippen LogP contribution < -0.4 is 0 Å². The van der Waals surface area contributed by atoms with Crippen LogP contribution in [0.4, 0.5) is 0 Å². The number of hydrogen-bond acceptors (Lipinski definition) is 1. The number of carbonyl (C=O) groups is 1. The quantitative estimate of drug-likeness (QED) is 0.613. The van der Waals surface area contributed by atoms with E-state index in [4.69, 9.17) is 23.2 Å². The smallest absolute Gasteiger partial charge is 0.139 e. The van der Waals surface area contributed by atoms with E-state index in [9.17, 15) is 4.79 Å². The van der Waals surface area contributed by atoms with Gasteiger partial charge in [-0.15, -0.1) is 23.2 Å². The van der Waals surface area contributed by atoms with E-state index in [-0.39, 0.29) is 10.8 Å². The molecule has 0 bridgehead atoms. The highest BCUT2D eigenvalue weighted by atomic mass is 35.5. The molecule has 3 aliphatic rings. The third-order valence-electron chi connectivity index (χ3n) is 5.80. The van der Waals surface area contributed by atoms with E-state index in [1.807, 2.05) is 0 Å². The van der Waals surface area contributed by atoms with E-state index in [1.165, 1.54) is 0 Å². The van der Waals surface area contributed by atoms with E-state index < -0.39 is 0 Å². The van der Waals surface area contributed by atoms with Crippen LogP contribution in [-0.4, -0.2) is 16.5 Å². The lowest BCUT2D eigenvalue weighted by Gasteiger charge is -2.38. The van der Waals surface area contributed by atoms with E-state index in [0.717, 1.165) is 25.7 Å². The average molecular weight is 289 g/mol. The minimum absolute atomic E-state index is 0.255. The van der Waals surface area contributed by atoms with Crippen LogP contribution in [-0.2, 0) is 4.79 Å². The van der Waals surface area contributed by atoms with Gasteiger partial charge in [-0.25, -0.2) is 0 Å². The summed E-state index contributed by atoms with van der Waals surface area (Å²) in [5.74, 6) is 3.14. The maximum Gasteiger partial charge on any atom is 0.139 e. The molecule has 0 radical (unpaired) electrons. The first kappa shape index (κ1) is 13.2. The zero-order valence-electron chi connectivity index (χ0n) is 11.1. The van der Waals surface area contributed by atoms with Crippen LogP contribution in [0.1, 0.15) is 39.5 Å². The van der Waals surface area contributed by atoms with Crippen molar-refractivity contribution in [3.05, 3.63) is 0 Å². The minimum Gasteiger partial charge on any atom is -0.299 e. The molecule has 0 aromatic heterocycles. The zero-order chi connectivity index (χ0) is 13.0. The first-order valence-electron chi connectivity index (χ1n) is 7.31. The van der Waals surface area contributed by atoms with Crippen LogP contribution in [0.25, 0.3) is 0 Å². The molecule has 3 aliphatic carbocycles. The Bertz CT molecular complexity index is 324. The molecule has 0 heterocycles. The summed E-state index contributed by atoms with van der Waals surface area (Å²) >= 11 is 12.9. The van der Waals surface area contributed by atoms with Gasteiger partial charge in [0.25, 0.3) is 0 Å². The van der Waals surface area contributed by atoms with E-state index in [2.05, 4.69) is 13.8 Å². The second-order valence-electron chi connectivity index (χ2n) is 6.87. The van der Waals surface area contributed by atoms with Crippen molar-refractivity contribution in [1.29, 1.82) is 0 Å². The Balaban J connectivity index is 1.84. The minimum atomic E-state index is 0.255. The second-order valence-corrected chi connectivity index (χ2v) is 7.99. The van der Waals surface area contributed by atoms with Crippen molar-refractivity contribution >= 4 is 29.0 Å². The predicted octanol–water partition coefficient (Wildman–Crippen LogP) is 4.11. The fourth-order valence-electron chi connectivity index (χ4n) is 4.63. The number of rotatable bonds is 0. The van der Waals surface area contributed by atoms with Crippen LogP contribution in [0.3, 0.4) is 0 Å². The fourth-order valence-corrected chi connectivity index (χ4v) is 5.25. The molecule has 0 spiro atoms. The Labute approximate surface area is 120 Å². The Morgan fingerprint density at radius 2 is 1.22 bits per heavy atom.